The van der Waals surface area contributed by atoms with Crippen LogP contribution >= 0.6 is 12.4 Å². The summed E-state index contributed by atoms with van der Waals surface area (Å²) >= 11 is 0. The molecule has 0 radical (unpaired) electrons. The van der Waals surface area contributed by atoms with Crippen molar-refractivity contribution in [1.29, 1.82) is 0 Å². The van der Waals surface area contributed by atoms with Gasteiger partial charge in [0.2, 0.25) is 17.6 Å². The van der Waals surface area contributed by atoms with Crippen LogP contribution in [0.2, 0.25) is 0 Å². The van der Waals surface area contributed by atoms with E-state index in [1.807, 2.05) is 0 Å². The van der Waals surface area contributed by atoms with Crippen molar-refractivity contribution in [3.05, 3.63) is 18.3 Å². The number of halogens is 1. The molecule has 0 amide bonds. The zero-order valence-electron chi connectivity index (χ0n) is 11.7. The van der Waals surface area contributed by atoms with E-state index in [9.17, 15) is 0 Å². The summed E-state index contributed by atoms with van der Waals surface area (Å²) in [5.41, 5.74) is 6.58. The molecule has 1 aliphatic carbocycles. The average molecular weight is 312 g/mol. The molecule has 0 spiro atoms. The molecule has 1 fully saturated rings. The first-order valence-electron chi connectivity index (χ1n) is 6.72. The van der Waals surface area contributed by atoms with Crippen molar-refractivity contribution in [2.24, 2.45) is 5.73 Å². The van der Waals surface area contributed by atoms with Gasteiger partial charge in [-0.1, -0.05) is 11.6 Å². The number of nitrogens with two attached hydrogens (primary N) is 1. The van der Waals surface area contributed by atoms with Crippen molar-refractivity contribution in [3.8, 4) is 17.4 Å². The molecule has 1 saturated carbocycles. The summed E-state index contributed by atoms with van der Waals surface area (Å²) < 4.78 is 10.4. The number of rotatable bonds is 3. The highest BCUT2D eigenvalue weighted by atomic mass is 35.5. The molecule has 114 valence electrons. The Morgan fingerprint density at radius 3 is 2.95 bits per heavy atom. The molecular formula is C13H18ClN5O2. The molecule has 0 bridgehead atoms. The molecule has 0 saturated heterocycles. The highest BCUT2D eigenvalue weighted by Gasteiger charge is 2.26. The Balaban J connectivity index is 0.00000161. The molecule has 2 aromatic rings. The summed E-state index contributed by atoms with van der Waals surface area (Å²) in [5, 5.41) is 3.99. The fourth-order valence-electron chi connectivity index (χ4n) is 2.53. The Hall–Kier alpha value is -1.73. The molecule has 2 aromatic heterocycles. The Morgan fingerprint density at radius 1 is 1.33 bits per heavy atom. The number of aromatic nitrogens is 4. The van der Waals surface area contributed by atoms with Gasteiger partial charge in [0.05, 0.1) is 7.11 Å². The van der Waals surface area contributed by atoms with E-state index < -0.39 is 0 Å². The van der Waals surface area contributed by atoms with Crippen LogP contribution in [0.15, 0.2) is 16.9 Å². The minimum Gasteiger partial charge on any atom is -0.481 e. The van der Waals surface area contributed by atoms with Crippen LogP contribution in [0.5, 0.6) is 5.88 Å². The summed E-state index contributed by atoms with van der Waals surface area (Å²) in [5.74, 6) is 1.83. The zero-order chi connectivity index (χ0) is 13.9. The SMILES string of the molecule is COc1cc(-c2noc(C3CCCC(N)C3)n2)ncn1.Cl. The van der Waals surface area contributed by atoms with E-state index in [0.717, 1.165) is 25.7 Å². The number of hydrogen-bond donors (Lipinski definition) is 1. The van der Waals surface area contributed by atoms with Crippen LogP contribution in [0, 0.1) is 0 Å². The first kappa shape index (κ1) is 15.7. The van der Waals surface area contributed by atoms with Crippen molar-refractivity contribution < 1.29 is 9.26 Å². The second kappa shape index (κ2) is 6.82. The third-order valence-electron chi connectivity index (χ3n) is 3.59. The maximum absolute atomic E-state index is 5.99. The van der Waals surface area contributed by atoms with Gasteiger partial charge in [-0.25, -0.2) is 9.97 Å². The molecule has 2 N–H and O–H groups in total. The van der Waals surface area contributed by atoms with Crippen LogP contribution in [0.25, 0.3) is 11.5 Å². The molecule has 2 atom stereocenters. The Kier molecular flexibility index (Phi) is 5.08. The molecule has 2 heterocycles. The van der Waals surface area contributed by atoms with Crippen LogP contribution in [0.3, 0.4) is 0 Å². The first-order valence-corrected chi connectivity index (χ1v) is 6.72. The fraction of sp³-hybridized carbons (Fsp3) is 0.538. The highest BCUT2D eigenvalue weighted by molar-refractivity contribution is 5.85. The lowest BCUT2D eigenvalue weighted by Gasteiger charge is -2.23. The summed E-state index contributed by atoms with van der Waals surface area (Å²) in [6.07, 6.45) is 5.53. The zero-order valence-corrected chi connectivity index (χ0v) is 12.5. The highest BCUT2D eigenvalue weighted by Crippen LogP contribution is 2.32. The lowest BCUT2D eigenvalue weighted by atomic mass is 9.86. The molecule has 8 heteroatoms. The van der Waals surface area contributed by atoms with Gasteiger partial charge >= 0.3 is 0 Å². The molecule has 1 aliphatic rings. The molecule has 2 unspecified atom stereocenters. The average Bonchev–Trinajstić information content (AvgIpc) is 2.97. The fourth-order valence-corrected chi connectivity index (χ4v) is 2.53. The third-order valence-corrected chi connectivity index (χ3v) is 3.59. The van der Waals surface area contributed by atoms with Gasteiger partial charge in [-0.3, -0.25) is 0 Å². The van der Waals surface area contributed by atoms with Gasteiger partial charge in [0, 0.05) is 18.0 Å². The second-order valence-corrected chi connectivity index (χ2v) is 5.03. The lowest BCUT2D eigenvalue weighted by molar-refractivity contribution is 0.299. The maximum Gasteiger partial charge on any atom is 0.230 e. The summed E-state index contributed by atoms with van der Waals surface area (Å²) in [4.78, 5) is 12.5. The normalized spacial score (nSPS) is 21.6. The topological polar surface area (TPSA) is 100.0 Å². The van der Waals surface area contributed by atoms with Crippen molar-refractivity contribution in [2.75, 3.05) is 7.11 Å². The Bertz CT molecular complexity index is 591. The maximum atomic E-state index is 5.99. The monoisotopic (exact) mass is 311 g/mol. The quantitative estimate of drug-likeness (QED) is 0.924. The van der Waals surface area contributed by atoms with Crippen molar-refractivity contribution in [2.45, 2.75) is 37.6 Å². The number of methoxy groups -OCH3 is 1. The molecule has 7 nitrogen and oxygen atoms in total. The second-order valence-electron chi connectivity index (χ2n) is 5.03. The minimum absolute atomic E-state index is 0. The largest absolute Gasteiger partial charge is 0.481 e. The molecule has 21 heavy (non-hydrogen) atoms. The van der Waals surface area contributed by atoms with Gasteiger partial charge in [0.15, 0.2) is 0 Å². The molecular weight excluding hydrogens is 294 g/mol. The van der Waals surface area contributed by atoms with Gasteiger partial charge in [0.25, 0.3) is 0 Å². The van der Waals surface area contributed by atoms with Gasteiger partial charge in [-0.05, 0) is 19.3 Å². The van der Waals surface area contributed by atoms with Gasteiger partial charge in [0.1, 0.15) is 12.0 Å². The van der Waals surface area contributed by atoms with E-state index in [0.29, 0.717) is 23.3 Å². The van der Waals surface area contributed by atoms with Crippen LogP contribution in [-0.4, -0.2) is 33.3 Å². The van der Waals surface area contributed by atoms with Gasteiger partial charge < -0.3 is 15.0 Å². The number of ether oxygens (including phenoxy) is 1. The van der Waals surface area contributed by atoms with Crippen LogP contribution < -0.4 is 10.5 Å². The standard InChI is InChI=1S/C13H17N5O2.ClH/c1-19-11-6-10(15-7-16-11)12-17-13(20-18-12)8-3-2-4-9(14)5-8;/h6-9H,2-5,14H2,1H3;1H. The van der Waals surface area contributed by atoms with E-state index in [1.165, 1.54) is 6.33 Å². The lowest BCUT2D eigenvalue weighted by Crippen LogP contribution is -2.26. The molecule has 3 rings (SSSR count). The van der Waals surface area contributed by atoms with Crippen molar-refractivity contribution in [1.82, 2.24) is 20.1 Å². The van der Waals surface area contributed by atoms with Crippen LogP contribution in [0.1, 0.15) is 37.5 Å². The van der Waals surface area contributed by atoms with Gasteiger partial charge in [-0.15, -0.1) is 12.4 Å². The predicted molar refractivity (Wildman–Crippen MR) is 78.3 cm³/mol. The van der Waals surface area contributed by atoms with Crippen molar-refractivity contribution >= 4 is 12.4 Å². The first-order chi connectivity index (χ1) is 9.76. The van der Waals surface area contributed by atoms with E-state index in [-0.39, 0.29) is 24.4 Å². The summed E-state index contributed by atoms with van der Waals surface area (Å²) in [6.45, 7) is 0. The predicted octanol–water partition coefficient (Wildman–Crippen LogP) is 1.94. The summed E-state index contributed by atoms with van der Waals surface area (Å²) in [7, 11) is 1.55. The van der Waals surface area contributed by atoms with Crippen molar-refractivity contribution in [3.63, 3.8) is 0 Å². The Labute approximate surface area is 128 Å². The smallest absolute Gasteiger partial charge is 0.230 e. The van der Waals surface area contributed by atoms with E-state index in [1.54, 1.807) is 13.2 Å². The van der Waals surface area contributed by atoms with Crippen LogP contribution in [-0.2, 0) is 0 Å². The van der Waals surface area contributed by atoms with Gasteiger partial charge in [-0.2, -0.15) is 4.98 Å². The number of nitrogens with zero attached hydrogens (tertiary/aromatic N) is 4. The minimum atomic E-state index is 0. The van der Waals surface area contributed by atoms with E-state index >= 15 is 0 Å². The van der Waals surface area contributed by atoms with Crippen LogP contribution in [0.4, 0.5) is 0 Å². The van der Waals surface area contributed by atoms with E-state index in [4.69, 9.17) is 15.0 Å². The molecule has 0 aromatic carbocycles. The number of hydrogen-bond acceptors (Lipinski definition) is 7. The molecule has 0 aliphatic heterocycles. The summed E-state index contributed by atoms with van der Waals surface area (Å²) in [6, 6.07) is 1.91. The third kappa shape index (κ3) is 3.48. The Morgan fingerprint density at radius 2 is 2.19 bits per heavy atom. The van der Waals surface area contributed by atoms with E-state index in [2.05, 4.69) is 20.1 Å².